The van der Waals surface area contributed by atoms with Gasteiger partial charge in [-0.3, -0.25) is 0 Å². The fourth-order valence-corrected chi connectivity index (χ4v) is 3.48. The first-order valence-corrected chi connectivity index (χ1v) is 8.21. The Kier molecular flexibility index (Phi) is 3.81. The van der Waals surface area contributed by atoms with Gasteiger partial charge in [-0.15, -0.1) is 0 Å². The van der Waals surface area contributed by atoms with Gasteiger partial charge in [-0.1, -0.05) is 24.3 Å². The molecule has 25 heavy (non-hydrogen) atoms. The van der Waals surface area contributed by atoms with Crippen LogP contribution in [0.4, 0.5) is 8.78 Å². The zero-order chi connectivity index (χ0) is 17.5. The van der Waals surface area contributed by atoms with Crippen LogP contribution in [-0.2, 0) is 19.9 Å². The van der Waals surface area contributed by atoms with Crippen molar-refractivity contribution < 1.29 is 23.0 Å². The van der Waals surface area contributed by atoms with Crippen molar-refractivity contribution in [3.8, 4) is 0 Å². The van der Waals surface area contributed by atoms with Crippen molar-refractivity contribution in [2.75, 3.05) is 13.1 Å². The van der Waals surface area contributed by atoms with Crippen molar-refractivity contribution in [3.63, 3.8) is 0 Å². The molecule has 2 aromatic carbocycles. The highest BCUT2D eigenvalue weighted by Crippen LogP contribution is 2.48. The topological polar surface area (TPSA) is 47.6 Å². The van der Waals surface area contributed by atoms with Gasteiger partial charge in [0.15, 0.2) is 0 Å². The third-order valence-electron chi connectivity index (χ3n) is 4.77. The van der Waals surface area contributed by atoms with Gasteiger partial charge >= 0.3 is 5.97 Å². The molecule has 0 saturated carbocycles. The van der Waals surface area contributed by atoms with Gasteiger partial charge < -0.3 is 14.8 Å². The van der Waals surface area contributed by atoms with Gasteiger partial charge in [0.2, 0.25) is 11.4 Å². The third-order valence-corrected chi connectivity index (χ3v) is 4.77. The second-order valence-electron chi connectivity index (χ2n) is 6.35. The number of nitrogens with one attached hydrogen (secondary N) is 1. The SMILES string of the molecule is O=C1OC2(CCNCC2)OC1(c1ccc(F)cc1)c1ccc(F)cc1. The van der Waals surface area contributed by atoms with Crippen LogP contribution < -0.4 is 5.32 Å². The molecule has 1 N–H and O–H groups in total. The zero-order valence-corrected chi connectivity index (χ0v) is 13.4. The van der Waals surface area contributed by atoms with Crippen molar-refractivity contribution in [1.82, 2.24) is 5.32 Å². The molecule has 0 amide bonds. The predicted molar refractivity (Wildman–Crippen MR) is 85.6 cm³/mol. The van der Waals surface area contributed by atoms with E-state index in [0.29, 0.717) is 37.1 Å². The molecule has 2 aromatic rings. The highest BCUT2D eigenvalue weighted by Gasteiger charge is 2.60. The maximum Gasteiger partial charge on any atom is 0.350 e. The highest BCUT2D eigenvalue weighted by atomic mass is 19.1. The number of piperidine rings is 1. The average molecular weight is 345 g/mol. The van der Waals surface area contributed by atoms with Gasteiger partial charge in [-0.05, 0) is 35.4 Å². The maximum atomic E-state index is 13.4. The van der Waals surface area contributed by atoms with E-state index in [9.17, 15) is 13.6 Å². The lowest BCUT2D eigenvalue weighted by Crippen LogP contribution is -2.44. The number of hydrogen-bond acceptors (Lipinski definition) is 4. The molecule has 1 spiro atoms. The van der Waals surface area contributed by atoms with Crippen LogP contribution in [0, 0.1) is 11.6 Å². The first-order valence-electron chi connectivity index (χ1n) is 8.21. The van der Waals surface area contributed by atoms with E-state index in [1.165, 1.54) is 48.5 Å². The Labute approximate surface area is 143 Å². The molecular formula is C19H17F2NO3. The van der Waals surface area contributed by atoms with Gasteiger partial charge in [-0.2, -0.15) is 0 Å². The number of halogens is 2. The Balaban J connectivity index is 1.86. The number of ether oxygens (including phenoxy) is 2. The minimum Gasteiger partial charge on any atom is -0.430 e. The lowest BCUT2D eigenvalue weighted by Gasteiger charge is -2.33. The van der Waals surface area contributed by atoms with E-state index in [4.69, 9.17) is 9.47 Å². The summed E-state index contributed by atoms with van der Waals surface area (Å²) in [6.45, 7) is 1.33. The molecule has 2 fully saturated rings. The molecule has 0 atom stereocenters. The molecule has 0 radical (unpaired) electrons. The van der Waals surface area contributed by atoms with Gasteiger partial charge in [0, 0.05) is 25.9 Å². The lowest BCUT2D eigenvalue weighted by molar-refractivity contribution is -0.198. The van der Waals surface area contributed by atoms with Crippen LogP contribution >= 0.6 is 0 Å². The van der Waals surface area contributed by atoms with Crippen LogP contribution in [-0.4, -0.2) is 24.8 Å². The number of carbonyl (C=O) groups is 1. The molecule has 4 rings (SSSR count). The van der Waals surface area contributed by atoms with Crippen molar-refractivity contribution in [2.45, 2.75) is 24.2 Å². The van der Waals surface area contributed by atoms with Gasteiger partial charge in [0.25, 0.3) is 0 Å². The molecule has 2 aliphatic rings. The molecule has 0 aromatic heterocycles. The molecule has 130 valence electrons. The van der Waals surface area contributed by atoms with E-state index >= 15 is 0 Å². The number of esters is 1. The summed E-state index contributed by atoms with van der Waals surface area (Å²) in [7, 11) is 0. The minimum absolute atomic E-state index is 0.416. The molecule has 6 heteroatoms. The molecule has 2 aliphatic heterocycles. The van der Waals surface area contributed by atoms with E-state index in [0.717, 1.165) is 0 Å². The second kappa shape index (κ2) is 5.89. The van der Waals surface area contributed by atoms with Crippen molar-refractivity contribution in [3.05, 3.63) is 71.3 Å². The van der Waals surface area contributed by atoms with Crippen molar-refractivity contribution >= 4 is 5.97 Å². The predicted octanol–water partition coefficient (Wildman–Crippen LogP) is 2.86. The van der Waals surface area contributed by atoms with E-state index in [-0.39, 0.29) is 0 Å². The Morgan fingerprint density at radius 2 is 1.32 bits per heavy atom. The van der Waals surface area contributed by atoms with Crippen LogP contribution in [0.15, 0.2) is 48.5 Å². The summed E-state index contributed by atoms with van der Waals surface area (Å²) in [6, 6.07) is 11.1. The molecular weight excluding hydrogens is 328 g/mol. The molecule has 2 heterocycles. The second-order valence-corrected chi connectivity index (χ2v) is 6.35. The Morgan fingerprint density at radius 1 is 0.840 bits per heavy atom. The number of benzene rings is 2. The fraction of sp³-hybridized carbons (Fsp3) is 0.316. The number of carbonyl (C=O) groups excluding carboxylic acids is 1. The van der Waals surface area contributed by atoms with Gasteiger partial charge in [-0.25, -0.2) is 13.6 Å². The summed E-state index contributed by atoms with van der Waals surface area (Å²) in [5, 5.41) is 3.20. The first kappa shape index (κ1) is 16.2. The monoisotopic (exact) mass is 345 g/mol. The van der Waals surface area contributed by atoms with Gasteiger partial charge in [0.05, 0.1) is 0 Å². The summed E-state index contributed by atoms with van der Waals surface area (Å²) in [5.41, 5.74) is -0.611. The Hall–Kier alpha value is -2.31. The van der Waals surface area contributed by atoms with Gasteiger partial charge in [0.1, 0.15) is 11.6 Å². The summed E-state index contributed by atoms with van der Waals surface area (Å²) in [6.07, 6.45) is 1.03. The maximum absolute atomic E-state index is 13.4. The van der Waals surface area contributed by atoms with Crippen LogP contribution in [0.25, 0.3) is 0 Å². The first-order chi connectivity index (χ1) is 12.0. The molecule has 4 nitrogen and oxygen atoms in total. The summed E-state index contributed by atoms with van der Waals surface area (Å²) in [4.78, 5) is 13.0. The summed E-state index contributed by atoms with van der Waals surface area (Å²) < 4.78 is 38.7. The van der Waals surface area contributed by atoms with E-state index in [2.05, 4.69) is 5.32 Å². The normalized spacial score (nSPS) is 21.3. The average Bonchev–Trinajstić information content (AvgIpc) is 2.89. The summed E-state index contributed by atoms with van der Waals surface area (Å²) >= 11 is 0. The van der Waals surface area contributed by atoms with Crippen LogP contribution in [0.1, 0.15) is 24.0 Å². The molecule has 0 bridgehead atoms. The largest absolute Gasteiger partial charge is 0.430 e. The highest BCUT2D eigenvalue weighted by molar-refractivity contribution is 5.87. The Bertz CT molecular complexity index is 738. The quantitative estimate of drug-likeness (QED) is 0.851. The lowest BCUT2D eigenvalue weighted by atomic mass is 9.86. The molecule has 0 aliphatic carbocycles. The fourth-order valence-electron chi connectivity index (χ4n) is 3.48. The van der Waals surface area contributed by atoms with E-state index in [1.54, 1.807) is 0 Å². The smallest absolute Gasteiger partial charge is 0.350 e. The van der Waals surface area contributed by atoms with E-state index in [1.807, 2.05) is 0 Å². The van der Waals surface area contributed by atoms with Crippen molar-refractivity contribution in [1.29, 1.82) is 0 Å². The van der Waals surface area contributed by atoms with Crippen LogP contribution in [0.5, 0.6) is 0 Å². The zero-order valence-electron chi connectivity index (χ0n) is 13.4. The number of hydrogen-bond donors (Lipinski definition) is 1. The molecule has 2 saturated heterocycles. The standard InChI is InChI=1S/C19H17F2NO3/c20-15-5-1-13(2-6-15)19(14-3-7-16(21)8-4-14)17(23)24-18(25-19)9-11-22-12-10-18/h1-8,22H,9-12H2. The third kappa shape index (κ3) is 2.62. The number of rotatable bonds is 2. The summed E-state index contributed by atoms with van der Waals surface area (Å²) in [5.74, 6) is -2.42. The minimum atomic E-state index is -1.53. The van der Waals surface area contributed by atoms with Crippen molar-refractivity contribution in [2.24, 2.45) is 0 Å². The van der Waals surface area contributed by atoms with E-state index < -0.39 is 29.0 Å². The van der Waals surface area contributed by atoms with Crippen LogP contribution in [0.2, 0.25) is 0 Å². The molecule has 0 unspecified atom stereocenters. The van der Waals surface area contributed by atoms with Crippen LogP contribution in [0.3, 0.4) is 0 Å². The Morgan fingerprint density at radius 3 is 1.80 bits per heavy atom.